The highest BCUT2D eigenvalue weighted by Crippen LogP contribution is 2.21. The summed E-state index contributed by atoms with van der Waals surface area (Å²) in [5, 5.41) is 1.04. The van der Waals surface area contributed by atoms with E-state index in [1.165, 1.54) is 0 Å². The van der Waals surface area contributed by atoms with Crippen LogP contribution in [0.3, 0.4) is 0 Å². The Morgan fingerprint density at radius 3 is 2.86 bits per heavy atom. The predicted molar refractivity (Wildman–Crippen MR) is 56.6 cm³/mol. The van der Waals surface area contributed by atoms with Gasteiger partial charge >= 0.3 is 0 Å². The number of nitrogen functional groups attached to an aromatic ring is 1. The van der Waals surface area contributed by atoms with Crippen LogP contribution < -0.4 is 5.73 Å². The van der Waals surface area contributed by atoms with Crippen molar-refractivity contribution in [1.82, 2.24) is 4.98 Å². The molecule has 1 heterocycles. The molecule has 1 aromatic carbocycles. The van der Waals surface area contributed by atoms with Crippen molar-refractivity contribution in [2.45, 2.75) is 0 Å². The minimum atomic E-state index is 0.220. The molecule has 2 rings (SSSR count). The molecule has 0 aliphatic carbocycles. The van der Waals surface area contributed by atoms with Crippen LogP contribution in [0.15, 0.2) is 24.3 Å². The van der Waals surface area contributed by atoms with Crippen molar-refractivity contribution in [2.24, 2.45) is 0 Å². The molecule has 4 heteroatoms. The molecule has 0 aliphatic rings. The van der Waals surface area contributed by atoms with E-state index in [1.54, 1.807) is 24.3 Å². The fraction of sp³-hybridized carbons (Fsp3) is 0. The van der Waals surface area contributed by atoms with E-state index in [9.17, 15) is 4.79 Å². The molecule has 1 aromatic heterocycles. The molecule has 14 heavy (non-hydrogen) atoms. The minimum Gasteiger partial charge on any atom is -0.399 e. The van der Waals surface area contributed by atoms with E-state index in [-0.39, 0.29) is 5.15 Å². The molecular formula is C10H7ClN2O. The van der Waals surface area contributed by atoms with E-state index >= 15 is 0 Å². The number of pyridine rings is 1. The molecule has 3 nitrogen and oxygen atoms in total. The number of nitrogens with zero attached hydrogens (tertiary/aromatic N) is 1. The average molecular weight is 207 g/mol. The molecule has 2 aromatic rings. The Kier molecular flexibility index (Phi) is 2.09. The van der Waals surface area contributed by atoms with Crippen LogP contribution in [0.4, 0.5) is 5.69 Å². The molecule has 0 bridgehead atoms. The van der Waals surface area contributed by atoms with E-state index in [4.69, 9.17) is 17.3 Å². The second kappa shape index (κ2) is 3.27. The van der Waals surface area contributed by atoms with Crippen molar-refractivity contribution in [3.63, 3.8) is 0 Å². The largest absolute Gasteiger partial charge is 0.399 e. The lowest BCUT2D eigenvalue weighted by Gasteiger charge is -2.01. The third kappa shape index (κ3) is 1.42. The van der Waals surface area contributed by atoms with E-state index in [0.29, 0.717) is 17.5 Å². The zero-order chi connectivity index (χ0) is 10.1. The summed E-state index contributed by atoms with van der Waals surface area (Å²) in [6, 6.07) is 6.94. The van der Waals surface area contributed by atoms with Crippen LogP contribution in [0.2, 0.25) is 5.15 Å². The number of anilines is 1. The van der Waals surface area contributed by atoms with Crippen LogP contribution >= 0.6 is 11.6 Å². The molecule has 0 amide bonds. The zero-order valence-corrected chi connectivity index (χ0v) is 7.95. The fourth-order valence-electron chi connectivity index (χ4n) is 1.27. The van der Waals surface area contributed by atoms with Crippen molar-refractivity contribution in [3.8, 4) is 0 Å². The number of aromatic nitrogens is 1. The molecule has 0 aliphatic heterocycles. The van der Waals surface area contributed by atoms with Crippen molar-refractivity contribution < 1.29 is 4.79 Å². The number of aldehydes is 1. The zero-order valence-electron chi connectivity index (χ0n) is 7.20. The van der Waals surface area contributed by atoms with Gasteiger partial charge in [-0.15, -0.1) is 0 Å². The van der Waals surface area contributed by atoms with Crippen molar-refractivity contribution in [2.75, 3.05) is 5.73 Å². The van der Waals surface area contributed by atoms with Crippen LogP contribution in [0, 0.1) is 0 Å². The first kappa shape index (κ1) is 8.97. The van der Waals surface area contributed by atoms with Gasteiger partial charge in [-0.3, -0.25) is 4.79 Å². The van der Waals surface area contributed by atoms with Crippen molar-refractivity contribution in [1.29, 1.82) is 0 Å². The highest BCUT2D eigenvalue weighted by atomic mass is 35.5. The van der Waals surface area contributed by atoms with Gasteiger partial charge in [0, 0.05) is 11.1 Å². The molecule has 70 valence electrons. The topological polar surface area (TPSA) is 56.0 Å². The lowest BCUT2D eigenvalue weighted by molar-refractivity contribution is 0.112. The van der Waals surface area contributed by atoms with Gasteiger partial charge in [-0.2, -0.15) is 0 Å². The first-order chi connectivity index (χ1) is 6.70. The molecule has 0 atom stereocenters. The number of fused-ring (bicyclic) bond motifs is 1. The summed E-state index contributed by atoms with van der Waals surface area (Å²) in [5.74, 6) is 0. The molecule has 0 unspecified atom stereocenters. The Bertz CT molecular complexity index is 511. The third-order valence-corrected chi connectivity index (χ3v) is 2.25. The second-order valence-electron chi connectivity index (χ2n) is 2.94. The normalized spacial score (nSPS) is 10.4. The molecule has 0 radical (unpaired) electrons. The van der Waals surface area contributed by atoms with Crippen LogP contribution in [0.5, 0.6) is 0 Å². The van der Waals surface area contributed by atoms with Gasteiger partial charge in [0.25, 0.3) is 0 Å². The Labute approximate surface area is 85.5 Å². The molecule has 0 spiro atoms. The van der Waals surface area contributed by atoms with Crippen LogP contribution in [0.1, 0.15) is 10.4 Å². The highest BCUT2D eigenvalue weighted by molar-refractivity contribution is 6.32. The number of rotatable bonds is 1. The fourth-order valence-corrected chi connectivity index (χ4v) is 1.46. The quantitative estimate of drug-likeness (QED) is 0.443. The van der Waals surface area contributed by atoms with E-state index in [1.807, 2.05) is 0 Å². The maximum absolute atomic E-state index is 10.6. The van der Waals surface area contributed by atoms with Crippen LogP contribution in [0.25, 0.3) is 10.9 Å². The first-order valence-corrected chi connectivity index (χ1v) is 4.39. The van der Waals surface area contributed by atoms with Crippen LogP contribution in [-0.4, -0.2) is 11.3 Å². The second-order valence-corrected chi connectivity index (χ2v) is 3.30. The predicted octanol–water partition coefficient (Wildman–Crippen LogP) is 2.28. The van der Waals surface area contributed by atoms with Crippen molar-refractivity contribution >= 4 is 34.5 Å². The lowest BCUT2D eigenvalue weighted by atomic mass is 10.1. The summed E-state index contributed by atoms with van der Waals surface area (Å²) in [4.78, 5) is 14.7. The van der Waals surface area contributed by atoms with Gasteiger partial charge in [0.2, 0.25) is 0 Å². The smallest absolute Gasteiger partial charge is 0.153 e. The number of hydrogen-bond donors (Lipinski definition) is 1. The van der Waals surface area contributed by atoms with Gasteiger partial charge in [0.05, 0.1) is 11.1 Å². The van der Waals surface area contributed by atoms with E-state index in [0.717, 1.165) is 10.9 Å². The van der Waals surface area contributed by atoms with Gasteiger partial charge < -0.3 is 5.73 Å². The van der Waals surface area contributed by atoms with Crippen LogP contribution in [-0.2, 0) is 0 Å². The van der Waals surface area contributed by atoms with Gasteiger partial charge in [0.15, 0.2) is 6.29 Å². The summed E-state index contributed by atoms with van der Waals surface area (Å²) in [5.41, 5.74) is 7.35. The van der Waals surface area contributed by atoms with Gasteiger partial charge in [-0.25, -0.2) is 4.98 Å². The molecule has 0 fully saturated rings. The Morgan fingerprint density at radius 1 is 1.36 bits per heavy atom. The highest BCUT2D eigenvalue weighted by Gasteiger charge is 2.03. The standard InChI is InChI=1S/C10H7ClN2O/c11-10-7(5-14)3-6-4-8(12)1-2-9(6)13-10/h1-5H,12H2. The summed E-state index contributed by atoms with van der Waals surface area (Å²) >= 11 is 5.77. The molecule has 0 saturated heterocycles. The third-order valence-electron chi connectivity index (χ3n) is 1.95. The maximum atomic E-state index is 10.6. The number of benzene rings is 1. The number of nitrogens with two attached hydrogens (primary N) is 1. The Morgan fingerprint density at radius 2 is 2.14 bits per heavy atom. The SMILES string of the molecule is Nc1ccc2nc(Cl)c(C=O)cc2c1. The average Bonchev–Trinajstić information content (AvgIpc) is 2.17. The molecular weight excluding hydrogens is 200 g/mol. The van der Waals surface area contributed by atoms with E-state index in [2.05, 4.69) is 4.98 Å². The molecule has 0 saturated carbocycles. The number of halogens is 1. The lowest BCUT2D eigenvalue weighted by Crippen LogP contribution is -1.90. The number of hydrogen-bond acceptors (Lipinski definition) is 3. The first-order valence-electron chi connectivity index (χ1n) is 4.01. The summed E-state index contributed by atoms with van der Waals surface area (Å²) < 4.78 is 0. The summed E-state index contributed by atoms with van der Waals surface area (Å²) in [6.07, 6.45) is 0.679. The summed E-state index contributed by atoms with van der Waals surface area (Å²) in [7, 11) is 0. The maximum Gasteiger partial charge on any atom is 0.153 e. The number of carbonyl (C=O) groups excluding carboxylic acids is 1. The number of carbonyl (C=O) groups is 1. The Balaban J connectivity index is 2.79. The van der Waals surface area contributed by atoms with Crippen molar-refractivity contribution in [3.05, 3.63) is 35.0 Å². The molecule has 2 N–H and O–H groups in total. The van der Waals surface area contributed by atoms with E-state index < -0.39 is 0 Å². The van der Waals surface area contributed by atoms with Gasteiger partial charge in [0.1, 0.15) is 5.15 Å². The summed E-state index contributed by atoms with van der Waals surface area (Å²) in [6.45, 7) is 0. The monoisotopic (exact) mass is 206 g/mol. The minimum absolute atomic E-state index is 0.220. The van der Waals surface area contributed by atoms with Gasteiger partial charge in [-0.1, -0.05) is 11.6 Å². The van der Waals surface area contributed by atoms with Gasteiger partial charge in [-0.05, 0) is 24.3 Å². The Hall–Kier alpha value is -1.61.